The quantitative estimate of drug-likeness (QED) is 0.291. The smallest absolute Gasteiger partial charge is 0.0622 e. The van der Waals surface area contributed by atoms with Crippen LogP contribution in [0.2, 0.25) is 0 Å². The summed E-state index contributed by atoms with van der Waals surface area (Å²) in [5, 5.41) is 7.36. The van der Waals surface area contributed by atoms with E-state index >= 15 is 0 Å². The second-order valence-electron chi connectivity index (χ2n) is 0.867. The Kier molecular flexibility index (Phi) is 3.17. The molecule has 0 aromatic rings. The molecule has 0 heterocycles. The second-order valence-corrected chi connectivity index (χ2v) is 2.10. The van der Waals surface area contributed by atoms with E-state index in [1.54, 1.807) is 6.92 Å². The van der Waals surface area contributed by atoms with Crippen molar-refractivity contribution in [1.82, 2.24) is 0 Å². The van der Waals surface area contributed by atoms with Crippen molar-refractivity contribution in [3.05, 3.63) is 0 Å². The van der Waals surface area contributed by atoms with Crippen LogP contribution in [0.4, 0.5) is 0 Å². The maximum atomic E-state index is 6.78. The summed E-state index contributed by atoms with van der Waals surface area (Å²) < 4.78 is 0. The van der Waals surface area contributed by atoms with Crippen molar-refractivity contribution in [2.75, 3.05) is 5.88 Å². The summed E-state index contributed by atoms with van der Waals surface area (Å²) in [5.74, 6) is 0.523. The normalized spacial score (nSPS) is 8.33. The molecule has 0 radical (unpaired) electrons. The molecule has 0 aliphatic heterocycles. The van der Waals surface area contributed by atoms with Crippen molar-refractivity contribution < 1.29 is 0 Å². The number of hydrogen-bond donors (Lipinski definition) is 2. The number of thioether (sulfide) groups is 1. The Labute approximate surface area is 41.6 Å². The fourth-order valence-corrected chi connectivity index (χ4v) is 0.375. The van der Waals surface area contributed by atoms with Gasteiger partial charge in [0.2, 0.25) is 0 Å². The Bertz CT molecular complexity index is 52.8. The van der Waals surface area contributed by atoms with Gasteiger partial charge in [0, 0.05) is 5.88 Å². The van der Waals surface area contributed by atoms with Crippen LogP contribution in [0.3, 0.4) is 0 Å². The molecular formula is C3H8N2S. The van der Waals surface area contributed by atoms with Gasteiger partial charge in [0.15, 0.2) is 0 Å². The molecule has 0 atom stereocenters. The van der Waals surface area contributed by atoms with Gasteiger partial charge in [-0.2, -0.15) is 0 Å². The minimum absolute atomic E-state index is 0.523. The summed E-state index contributed by atoms with van der Waals surface area (Å²) >= 11 is 1.35. The van der Waals surface area contributed by atoms with Gasteiger partial charge in [-0.05, 0) is 6.92 Å². The lowest BCUT2D eigenvalue weighted by atomic mass is 10.9. The topological polar surface area (TPSA) is 49.9 Å². The predicted octanol–water partition coefficient (Wildman–Crippen LogP) is 0.633. The molecule has 0 aromatic carbocycles. The lowest BCUT2D eigenvalue weighted by Crippen LogP contribution is -1.94. The van der Waals surface area contributed by atoms with Gasteiger partial charge in [0.25, 0.3) is 0 Å². The summed E-state index contributed by atoms with van der Waals surface area (Å²) in [6.07, 6.45) is 0. The van der Waals surface area contributed by atoms with Crippen molar-refractivity contribution in [2.24, 2.45) is 5.73 Å². The fourth-order valence-electron chi connectivity index (χ4n) is 0.125. The molecule has 0 aliphatic carbocycles. The van der Waals surface area contributed by atoms with Crippen LogP contribution in [0.15, 0.2) is 0 Å². The molecule has 0 saturated heterocycles. The third kappa shape index (κ3) is 3.98. The van der Waals surface area contributed by atoms with Crippen LogP contribution >= 0.6 is 11.8 Å². The molecular weight excluding hydrogens is 96.1 g/mol. The van der Waals surface area contributed by atoms with Gasteiger partial charge in [-0.3, -0.25) is 5.41 Å². The van der Waals surface area contributed by atoms with Crippen LogP contribution in [0, 0.1) is 5.41 Å². The predicted molar refractivity (Wildman–Crippen MR) is 30.0 cm³/mol. The molecule has 3 heteroatoms. The maximum absolute atomic E-state index is 6.78. The monoisotopic (exact) mass is 104 g/mol. The van der Waals surface area contributed by atoms with Gasteiger partial charge in [-0.1, -0.05) is 11.8 Å². The van der Waals surface area contributed by atoms with Crippen molar-refractivity contribution in [1.29, 1.82) is 5.41 Å². The SMILES string of the molecule is CC(=N)SCN. The van der Waals surface area contributed by atoms with E-state index in [-0.39, 0.29) is 0 Å². The van der Waals surface area contributed by atoms with E-state index in [9.17, 15) is 0 Å². The first-order chi connectivity index (χ1) is 2.77. The molecule has 0 amide bonds. The summed E-state index contributed by atoms with van der Waals surface area (Å²) in [6.45, 7) is 1.72. The lowest BCUT2D eigenvalue weighted by molar-refractivity contribution is 1.40. The Morgan fingerprint density at radius 1 is 2.00 bits per heavy atom. The van der Waals surface area contributed by atoms with E-state index in [1.165, 1.54) is 11.8 Å². The van der Waals surface area contributed by atoms with Crippen LogP contribution < -0.4 is 5.73 Å². The van der Waals surface area contributed by atoms with Crippen LogP contribution in [-0.2, 0) is 0 Å². The van der Waals surface area contributed by atoms with Crippen molar-refractivity contribution in [2.45, 2.75) is 6.92 Å². The molecule has 6 heavy (non-hydrogen) atoms. The minimum atomic E-state index is 0.523. The molecule has 0 rings (SSSR count). The highest BCUT2D eigenvalue weighted by molar-refractivity contribution is 8.13. The number of nitrogens with two attached hydrogens (primary N) is 1. The molecule has 0 fully saturated rings. The first kappa shape index (κ1) is 5.98. The molecule has 0 saturated carbocycles. The first-order valence-electron chi connectivity index (χ1n) is 1.65. The molecule has 0 bridgehead atoms. The molecule has 0 unspecified atom stereocenters. The summed E-state index contributed by atoms with van der Waals surface area (Å²) in [4.78, 5) is 0. The van der Waals surface area contributed by atoms with Gasteiger partial charge in [-0.15, -0.1) is 0 Å². The maximum Gasteiger partial charge on any atom is 0.0622 e. The Balaban J connectivity index is 2.83. The number of rotatable bonds is 1. The highest BCUT2D eigenvalue weighted by atomic mass is 32.2. The molecule has 36 valence electrons. The zero-order valence-electron chi connectivity index (χ0n) is 3.69. The van der Waals surface area contributed by atoms with E-state index in [4.69, 9.17) is 11.1 Å². The Morgan fingerprint density at radius 3 is 2.50 bits per heavy atom. The Hall–Kier alpha value is -0.0200. The third-order valence-electron chi connectivity index (χ3n) is 0.300. The Morgan fingerprint density at radius 2 is 2.50 bits per heavy atom. The summed E-state index contributed by atoms with van der Waals surface area (Å²) in [6, 6.07) is 0. The standard InChI is InChI=1S/C3H8N2S/c1-3(5)6-2-4/h5H,2,4H2,1H3. The van der Waals surface area contributed by atoms with Crippen molar-refractivity contribution >= 4 is 16.8 Å². The zero-order valence-corrected chi connectivity index (χ0v) is 4.51. The van der Waals surface area contributed by atoms with Gasteiger partial charge in [-0.25, -0.2) is 0 Å². The van der Waals surface area contributed by atoms with E-state index in [2.05, 4.69) is 0 Å². The third-order valence-corrected chi connectivity index (χ3v) is 0.900. The minimum Gasteiger partial charge on any atom is -0.322 e. The molecule has 0 spiro atoms. The summed E-state index contributed by atoms with van der Waals surface area (Å²) in [7, 11) is 0. The van der Waals surface area contributed by atoms with Gasteiger partial charge >= 0.3 is 0 Å². The van der Waals surface area contributed by atoms with E-state index in [1.807, 2.05) is 0 Å². The van der Waals surface area contributed by atoms with Gasteiger partial charge < -0.3 is 5.73 Å². The van der Waals surface area contributed by atoms with Crippen LogP contribution in [-0.4, -0.2) is 10.9 Å². The van der Waals surface area contributed by atoms with E-state index in [0.717, 1.165) is 0 Å². The highest BCUT2D eigenvalue weighted by Crippen LogP contribution is 1.93. The average Bonchev–Trinajstić information content (AvgIpc) is 1.35. The fraction of sp³-hybridized carbons (Fsp3) is 0.667. The molecule has 3 N–H and O–H groups in total. The summed E-state index contributed by atoms with van der Waals surface area (Å²) in [5.41, 5.74) is 5.05. The van der Waals surface area contributed by atoms with E-state index in [0.29, 0.717) is 10.9 Å². The van der Waals surface area contributed by atoms with E-state index < -0.39 is 0 Å². The van der Waals surface area contributed by atoms with Gasteiger partial charge in [0.1, 0.15) is 0 Å². The van der Waals surface area contributed by atoms with Crippen molar-refractivity contribution in [3.8, 4) is 0 Å². The van der Waals surface area contributed by atoms with Crippen LogP contribution in [0.1, 0.15) is 6.92 Å². The van der Waals surface area contributed by atoms with Crippen LogP contribution in [0.5, 0.6) is 0 Å². The largest absolute Gasteiger partial charge is 0.322 e. The molecule has 0 aromatic heterocycles. The lowest BCUT2D eigenvalue weighted by Gasteiger charge is -1.85. The molecule has 0 aliphatic rings. The second kappa shape index (κ2) is 3.18. The van der Waals surface area contributed by atoms with Gasteiger partial charge in [0.05, 0.1) is 5.04 Å². The van der Waals surface area contributed by atoms with Crippen molar-refractivity contribution in [3.63, 3.8) is 0 Å². The zero-order chi connectivity index (χ0) is 4.99. The number of hydrogen-bond acceptors (Lipinski definition) is 3. The average molecular weight is 104 g/mol. The first-order valence-corrected chi connectivity index (χ1v) is 2.64. The number of nitrogens with one attached hydrogen (secondary N) is 1. The molecule has 2 nitrogen and oxygen atoms in total. The highest BCUT2D eigenvalue weighted by Gasteiger charge is 1.78. The van der Waals surface area contributed by atoms with Crippen LogP contribution in [0.25, 0.3) is 0 Å².